The van der Waals surface area contributed by atoms with E-state index in [1.54, 1.807) is 0 Å². The van der Waals surface area contributed by atoms with E-state index in [0.29, 0.717) is 0 Å². The van der Waals surface area contributed by atoms with Gasteiger partial charge in [0, 0.05) is 17.1 Å². The Labute approximate surface area is 115 Å². The van der Waals surface area contributed by atoms with Gasteiger partial charge in [0.15, 0.2) is 0 Å². The summed E-state index contributed by atoms with van der Waals surface area (Å²) in [6, 6.07) is 5.89. The van der Waals surface area contributed by atoms with Gasteiger partial charge in [-0.1, -0.05) is 31.4 Å². The van der Waals surface area contributed by atoms with Crippen molar-refractivity contribution < 1.29 is 4.74 Å². The predicted octanol–water partition coefficient (Wildman–Crippen LogP) is 4.02. The summed E-state index contributed by atoms with van der Waals surface area (Å²) in [5.41, 5.74) is 1.15. The van der Waals surface area contributed by atoms with Crippen molar-refractivity contribution in [3.05, 3.63) is 28.8 Å². The maximum atomic E-state index is 6.04. The van der Waals surface area contributed by atoms with Crippen LogP contribution in [0.4, 0.5) is 0 Å². The van der Waals surface area contributed by atoms with Crippen LogP contribution in [0, 0.1) is 5.92 Å². The van der Waals surface area contributed by atoms with E-state index in [0.717, 1.165) is 41.9 Å². The molecule has 1 fully saturated rings. The molecule has 0 saturated heterocycles. The van der Waals surface area contributed by atoms with E-state index in [9.17, 15) is 0 Å². The number of nitrogens with one attached hydrogen (secondary N) is 1. The normalized spacial score (nSPS) is 16.1. The third kappa shape index (κ3) is 3.89. The third-order valence-electron chi connectivity index (χ3n) is 3.54. The van der Waals surface area contributed by atoms with Gasteiger partial charge in [0.25, 0.3) is 0 Å². The summed E-state index contributed by atoms with van der Waals surface area (Å²) in [6.07, 6.45) is 5.35. The minimum Gasteiger partial charge on any atom is -0.493 e. The Hall–Kier alpha value is -0.730. The molecule has 0 radical (unpaired) electrons. The molecule has 18 heavy (non-hydrogen) atoms. The van der Waals surface area contributed by atoms with Gasteiger partial charge in [-0.15, -0.1) is 0 Å². The van der Waals surface area contributed by atoms with E-state index in [-0.39, 0.29) is 0 Å². The van der Waals surface area contributed by atoms with Crippen LogP contribution in [0.1, 0.15) is 38.2 Å². The minimum atomic E-state index is 0.743. The van der Waals surface area contributed by atoms with Crippen molar-refractivity contribution in [1.82, 2.24) is 5.32 Å². The predicted molar refractivity (Wildman–Crippen MR) is 76.3 cm³/mol. The van der Waals surface area contributed by atoms with Crippen LogP contribution in [0.3, 0.4) is 0 Å². The fourth-order valence-corrected chi connectivity index (χ4v) is 2.67. The fraction of sp³-hybridized carbons (Fsp3) is 0.600. The molecule has 1 aromatic carbocycles. The molecule has 0 aliphatic heterocycles. The van der Waals surface area contributed by atoms with Crippen molar-refractivity contribution in [2.75, 3.05) is 13.2 Å². The van der Waals surface area contributed by atoms with E-state index in [1.165, 1.54) is 25.7 Å². The van der Waals surface area contributed by atoms with Gasteiger partial charge in [-0.25, -0.2) is 0 Å². The monoisotopic (exact) mass is 267 g/mol. The van der Waals surface area contributed by atoms with Crippen LogP contribution in [0.2, 0.25) is 5.02 Å². The van der Waals surface area contributed by atoms with Crippen LogP contribution in [0.25, 0.3) is 0 Å². The highest BCUT2D eigenvalue weighted by molar-refractivity contribution is 6.30. The van der Waals surface area contributed by atoms with Crippen molar-refractivity contribution in [2.24, 2.45) is 5.92 Å². The zero-order valence-electron chi connectivity index (χ0n) is 11.0. The van der Waals surface area contributed by atoms with Crippen LogP contribution in [-0.4, -0.2) is 13.2 Å². The topological polar surface area (TPSA) is 21.3 Å². The lowest BCUT2D eigenvalue weighted by Gasteiger charge is -2.15. The number of benzene rings is 1. The standard InChI is InChI=1S/C15H22ClNO/c1-2-17-10-13-9-14(16)7-8-15(13)18-11-12-5-3-4-6-12/h7-9,12,17H,2-6,10-11H2,1H3. The van der Waals surface area contributed by atoms with Crippen molar-refractivity contribution >= 4 is 11.6 Å². The van der Waals surface area contributed by atoms with Gasteiger partial charge in [-0.2, -0.15) is 0 Å². The van der Waals surface area contributed by atoms with Gasteiger partial charge in [0.2, 0.25) is 0 Å². The highest BCUT2D eigenvalue weighted by atomic mass is 35.5. The molecular formula is C15H22ClNO. The molecule has 0 bridgehead atoms. The molecular weight excluding hydrogens is 246 g/mol. The van der Waals surface area contributed by atoms with Crippen molar-refractivity contribution in [3.63, 3.8) is 0 Å². The van der Waals surface area contributed by atoms with E-state index in [4.69, 9.17) is 16.3 Å². The first-order valence-electron chi connectivity index (χ1n) is 6.91. The van der Waals surface area contributed by atoms with Crippen LogP contribution in [0.15, 0.2) is 18.2 Å². The Balaban J connectivity index is 1.96. The molecule has 1 aliphatic rings. The smallest absolute Gasteiger partial charge is 0.123 e. The maximum Gasteiger partial charge on any atom is 0.123 e. The van der Waals surface area contributed by atoms with Crippen molar-refractivity contribution in [1.29, 1.82) is 0 Å². The number of halogens is 1. The molecule has 1 aromatic rings. The lowest BCUT2D eigenvalue weighted by molar-refractivity contribution is 0.249. The van der Waals surface area contributed by atoms with Crippen LogP contribution in [-0.2, 0) is 6.54 Å². The largest absolute Gasteiger partial charge is 0.493 e. The van der Waals surface area contributed by atoms with Crippen molar-refractivity contribution in [2.45, 2.75) is 39.2 Å². The zero-order valence-corrected chi connectivity index (χ0v) is 11.8. The lowest BCUT2D eigenvalue weighted by Crippen LogP contribution is -2.14. The molecule has 2 rings (SSSR count). The Morgan fingerprint density at radius 1 is 1.33 bits per heavy atom. The summed E-state index contributed by atoms with van der Waals surface area (Å²) in [4.78, 5) is 0. The van der Waals surface area contributed by atoms with Gasteiger partial charge in [0.1, 0.15) is 5.75 Å². The molecule has 1 aliphatic carbocycles. The highest BCUT2D eigenvalue weighted by Crippen LogP contribution is 2.28. The average Bonchev–Trinajstić information content (AvgIpc) is 2.88. The van der Waals surface area contributed by atoms with Crippen LogP contribution in [0.5, 0.6) is 5.75 Å². The number of hydrogen-bond acceptors (Lipinski definition) is 2. The lowest BCUT2D eigenvalue weighted by atomic mass is 10.1. The summed E-state index contributed by atoms with van der Waals surface area (Å²) < 4.78 is 5.97. The van der Waals surface area contributed by atoms with Gasteiger partial charge < -0.3 is 10.1 Å². The molecule has 0 amide bonds. The molecule has 0 atom stereocenters. The molecule has 0 aromatic heterocycles. The Morgan fingerprint density at radius 2 is 2.11 bits per heavy atom. The van der Waals surface area contributed by atoms with E-state index in [2.05, 4.69) is 12.2 Å². The minimum absolute atomic E-state index is 0.743. The quantitative estimate of drug-likeness (QED) is 0.841. The van der Waals surface area contributed by atoms with E-state index in [1.807, 2.05) is 18.2 Å². The van der Waals surface area contributed by atoms with Gasteiger partial charge in [-0.3, -0.25) is 0 Å². The first-order chi connectivity index (χ1) is 8.79. The first kappa shape index (κ1) is 13.7. The molecule has 0 heterocycles. The average molecular weight is 268 g/mol. The molecule has 0 unspecified atom stereocenters. The number of hydrogen-bond donors (Lipinski definition) is 1. The second-order valence-electron chi connectivity index (χ2n) is 4.99. The zero-order chi connectivity index (χ0) is 12.8. The van der Waals surface area contributed by atoms with Crippen LogP contribution >= 0.6 is 11.6 Å². The molecule has 3 heteroatoms. The van der Waals surface area contributed by atoms with Gasteiger partial charge in [-0.05, 0) is 43.5 Å². The molecule has 100 valence electrons. The second-order valence-corrected chi connectivity index (χ2v) is 5.43. The summed E-state index contributed by atoms with van der Waals surface area (Å²) in [5, 5.41) is 4.10. The highest BCUT2D eigenvalue weighted by Gasteiger charge is 2.16. The SMILES string of the molecule is CCNCc1cc(Cl)ccc1OCC1CCCC1. The van der Waals surface area contributed by atoms with E-state index >= 15 is 0 Å². The fourth-order valence-electron chi connectivity index (χ4n) is 2.47. The molecule has 1 N–H and O–H groups in total. The molecule has 0 spiro atoms. The van der Waals surface area contributed by atoms with Gasteiger partial charge in [0.05, 0.1) is 6.61 Å². The van der Waals surface area contributed by atoms with Gasteiger partial charge >= 0.3 is 0 Å². The Bertz CT molecular complexity index is 375. The number of rotatable bonds is 6. The van der Waals surface area contributed by atoms with Crippen LogP contribution < -0.4 is 10.1 Å². The van der Waals surface area contributed by atoms with Crippen molar-refractivity contribution in [3.8, 4) is 5.75 Å². The molecule has 1 saturated carbocycles. The maximum absolute atomic E-state index is 6.04. The molecule has 2 nitrogen and oxygen atoms in total. The third-order valence-corrected chi connectivity index (χ3v) is 3.77. The summed E-state index contributed by atoms with van der Waals surface area (Å²) >= 11 is 6.04. The summed E-state index contributed by atoms with van der Waals surface area (Å²) in [5.74, 6) is 1.72. The Kier molecular flexibility index (Phi) is 5.33. The summed E-state index contributed by atoms with van der Waals surface area (Å²) in [7, 11) is 0. The summed E-state index contributed by atoms with van der Waals surface area (Å²) in [6.45, 7) is 4.72. The second kappa shape index (κ2) is 7.01. The first-order valence-corrected chi connectivity index (χ1v) is 7.29. The van der Waals surface area contributed by atoms with E-state index < -0.39 is 0 Å². The number of ether oxygens (including phenoxy) is 1. The Morgan fingerprint density at radius 3 is 2.83 bits per heavy atom.